The first-order valence-corrected chi connectivity index (χ1v) is 8.18. The van der Waals surface area contributed by atoms with Crippen molar-refractivity contribution in [2.24, 2.45) is 5.14 Å². The molecule has 1 heterocycles. The van der Waals surface area contributed by atoms with Crippen molar-refractivity contribution in [1.82, 2.24) is 0 Å². The number of aliphatic hydroxyl groups excluding tert-OH is 1. The summed E-state index contributed by atoms with van der Waals surface area (Å²) in [5.41, 5.74) is 0.401. The van der Waals surface area contributed by atoms with Gasteiger partial charge in [0.05, 0.1) is 10.6 Å². The Bertz CT molecular complexity index is 577. The summed E-state index contributed by atoms with van der Waals surface area (Å²) < 4.78 is 36.5. The second-order valence-electron chi connectivity index (χ2n) is 5.01. The smallest absolute Gasteiger partial charge is 0.238 e. The number of anilines is 1. The van der Waals surface area contributed by atoms with Crippen LogP contribution in [0.1, 0.15) is 25.7 Å². The van der Waals surface area contributed by atoms with Gasteiger partial charge >= 0.3 is 0 Å². The highest BCUT2D eigenvalue weighted by Gasteiger charge is 2.26. The third-order valence-corrected chi connectivity index (χ3v) is 4.54. The second-order valence-corrected chi connectivity index (χ2v) is 6.57. The van der Waals surface area contributed by atoms with E-state index in [4.69, 9.17) is 10.2 Å². The number of primary sulfonamides is 1. The fraction of sp³-hybridized carbons (Fsp3) is 0.538. The van der Waals surface area contributed by atoms with Gasteiger partial charge in [-0.05, 0) is 43.9 Å². The van der Waals surface area contributed by atoms with Crippen LogP contribution >= 0.6 is 0 Å². The lowest BCUT2D eigenvalue weighted by atomic mass is 10.1. The van der Waals surface area contributed by atoms with Gasteiger partial charge in [-0.3, -0.25) is 0 Å². The standard InChI is InChI=1S/C13H19FN2O3S/c14-12-9-11(20(15,18)19)5-6-13(12)16-7-1-3-10(16)4-2-8-17/h5-6,9-10,17H,1-4,7-8H2,(H2,15,18,19). The molecule has 0 bridgehead atoms. The molecule has 1 saturated heterocycles. The van der Waals surface area contributed by atoms with Gasteiger partial charge in [0.25, 0.3) is 0 Å². The van der Waals surface area contributed by atoms with Gasteiger partial charge < -0.3 is 10.0 Å². The van der Waals surface area contributed by atoms with Crippen LogP contribution in [0.5, 0.6) is 0 Å². The molecule has 0 saturated carbocycles. The third kappa shape index (κ3) is 3.28. The van der Waals surface area contributed by atoms with E-state index >= 15 is 0 Å². The highest BCUT2D eigenvalue weighted by atomic mass is 32.2. The van der Waals surface area contributed by atoms with Crippen LogP contribution in [-0.2, 0) is 10.0 Å². The lowest BCUT2D eigenvalue weighted by Crippen LogP contribution is -2.30. The van der Waals surface area contributed by atoms with Crippen molar-refractivity contribution in [2.75, 3.05) is 18.1 Å². The van der Waals surface area contributed by atoms with Crippen molar-refractivity contribution in [3.63, 3.8) is 0 Å². The van der Waals surface area contributed by atoms with Crippen LogP contribution in [0.4, 0.5) is 10.1 Å². The average Bonchev–Trinajstić information content (AvgIpc) is 2.83. The van der Waals surface area contributed by atoms with Gasteiger partial charge in [-0.25, -0.2) is 17.9 Å². The summed E-state index contributed by atoms with van der Waals surface area (Å²) in [7, 11) is -3.88. The first-order chi connectivity index (χ1) is 9.43. The minimum Gasteiger partial charge on any atom is -0.396 e. The van der Waals surface area contributed by atoms with Crippen molar-refractivity contribution >= 4 is 15.7 Å². The molecule has 1 unspecified atom stereocenters. The minimum atomic E-state index is -3.88. The number of rotatable bonds is 5. The minimum absolute atomic E-state index is 0.122. The van der Waals surface area contributed by atoms with E-state index in [-0.39, 0.29) is 17.5 Å². The van der Waals surface area contributed by atoms with Crippen molar-refractivity contribution in [1.29, 1.82) is 0 Å². The Morgan fingerprint density at radius 2 is 2.20 bits per heavy atom. The molecule has 3 N–H and O–H groups in total. The molecule has 7 heteroatoms. The fourth-order valence-corrected chi connectivity index (χ4v) is 3.20. The van der Waals surface area contributed by atoms with Gasteiger partial charge in [-0.15, -0.1) is 0 Å². The molecule has 1 aliphatic heterocycles. The highest BCUT2D eigenvalue weighted by Crippen LogP contribution is 2.31. The number of nitrogens with two attached hydrogens (primary N) is 1. The zero-order chi connectivity index (χ0) is 14.8. The van der Waals surface area contributed by atoms with Crippen LogP contribution in [0.25, 0.3) is 0 Å². The zero-order valence-corrected chi connectivity index (χ0v) is 11.9. The van der Waals surface area contributed by atoms with Crippen LogP contribution in [0.3, 0.4) is 0 Å². The van der Waals surface area contributed by atoms with Gasteiger partial charge in [0.2, 0.25) is 10.0 Å². The molecule has 1 atom stereocenters. The Morgan fingerprint density at radius 1 is 1.45 bits per heavy atom. The summed E-state index contributed by atoms with van der Waals surface area (Å²) in [6.45, 7) is 0.860. The first kappa shape index (κ1) is 15.2. The summed E-state index contributed by atoms with van der Waals surface area (Å²) in [5.74, 6) is -0.576. The van der Waals surface area contributed by atoms with E-state index in [0.29, 0.717) is 12.1 Å². The highest BCUT2D eigenvalue weighted by molar-refractivity contribution is 7.89. The van der Waals surface area contributed by atoms with Gasteiger partial charge in [-0.1, -0.05) is 0 Å². The quantitative estimate of drug-likeness (QED) is 0.856. The molecule has 1 aromatic carbocycles. The van der Waals surface area contributed by atoms with E-state index in [1.165, 1.54) is 12.1 Å². The molecule has 20 heavy (non-hydrogen) atoms. The van der Waals surface area contributed by atoms with E-state index in [2.05, 4.69) is 0 Å². The second kappa shape index (κ2) is 6.07. The molecule has 2 rings (SSSR count). The SMILES string of the molecule is NS(=O)(=O)c1ccc(N2CCCC2CCCO)c(F)c1. The predicted molar refractivity (Wildman–Crippen MR) is 74.5 cm³/mol. The maximum atomic E-state index is 14.1. The Balaban J connectivity index is 2.24. The monoisotopic (exact) mass is 302 g/mol. The van der Waals surface area contributed by atoms with Crippen LogP contribution in [-0.4, -0.2) is 32.7 Å². The van der Waals surface area contributed by atoms with Crippen LogP contribution in [0, 0.1) is 5.82 Å². The van der Waals surface area contributed by atoms with Crippen molar-refractivity contribution in [3.05, 3.63) is 24.0 Å². The molecule has 112 valence electrons. The maximum absolute atomic E-state index is 14.1. The lowest BCUT2D eigenvalue weighted by Gasteiger charge is -2.27. The van der Waals surface area contributed by atoms with Gasteiger partial charge in [0.1, 0.15) is 5.82 Å². The average molecular weight is 302 g/mol. The van der Waals surface area contributed by atoms with E-state index < -0.39 is 15.8 Å². The Hall–Kier alpha value is -1.18. The largest absolute Gasteiger partial charge is 0.396 e. The van der Waals surface area contributed by atoms with E-state index in [1.54, 1.807) is 0 Å². The molecular formula is C13H19FN2O3S. The number of nitrogens with zero attached hydrogens (tertiary/aromatic N) is 1. The number of aliphatic hydroxyl groups is 1. The van der Waals surface area contributed by atoms with Crippen molar-refractivity contribution < 1.29 is 17.9 Å². The van der Waals surface area contributed by atoms with Gasteiger partial charge in [-0.2, -0.15) is 0 Å². The Labute approximate surface area is 118 Å². The molecule has 5 nitrogen and oxygen atoms in total. The molecule has 0 spiro atoms. The van der Waals surface area contributed by atoms with E-state index in [9.17, 15) is 12.8 Å². The predicted octanol–water partition coefficient (Wildman–Crippen LogP) is 1.21. The number of sulfonamides is 1. The molecule has 1 fully saturated rings. The molecule has 0 amide bonds. The summed E-state index contributed by atoms with van der Waals surface area (Å²) in [6, 6.07) is 3.95. The van der Waals surface area contributed by atoms with E-state index in [0.717, 1.165) is 31.9 Å². The molecular weight excluding hydrogens is 283 g/mol. The van der Waals surface area contributed by atoms with Crippen LogP contribution < -0.4 is 10.0 Å². The third-order valence-electron chi connectivity index (χ3n) is 3.63. The normalized spacial score (nSPS) is 19.6. The van der Waals surface area contributed by atoms with Crippen molar-refractivity contribution in [2.45, 2.75) is 36.6 Å². The number of benzene rings is 1. The molecule has 1 aliphatic rings. The van der Waals surface area contributed by atoms with Crippen LogP contribution in [0.2, 0.25) is 0 Å². The Kier molecular flexibility index (Phi) is 4.62. The number of halogens is 1. The summed E-state index contributed by atoms with van der Waals surface area (Å²) >= 11 is 0. The van der Waals surface area contributed by atoms with Crippen molar-refractivity contribution in [3.8, 4) is 0 Å². The Morgan fingerprint density at radius 3 is 2.80 bits per heavy atom. The van der Waals surface area contributed by atoms with Gasteiger partial charge in [0.15, 0.2) is 0 Å². The number of hydrogen-bond acceptors (Lipinski definition) is 4. The first-order valence-electron chi connectivity index (χ1n) is 6.63. The van der Waals surface area contributed by atoms with Gasteiger partial charge in [0, 0.05) is 19.2 Å². The molecule has 0 radical (unpaired) electrons. The number of hydrogen-bond donors (Lipinski definition) is 2. The molecule has 0 aliphatic carbocycles. The maximum Gasteiger partial charge on any atom is 0.238 e. The fourth-order valence-electron chi connectivity index (χ4n) is 2.68. The molecule has 0 aromatic heterocycles. The lowest BCUT2D eigenvalue weighted by molar-refractivity contribution is 0.279. The summed E-state index contributed by atoms with van der Waals surface area (Å²) in [6.07, 6.45) is 3.40. The zero-order valence-electron chi connectivity index (χ0n) is 11.1. The van der Waals surface area contributed by atoms with Crippen LogP contribution in [0.15, 0.2) is 23.1 Å². The summed E-state index contributed by atoms with van der Waals surface area (Å²) in [5, 5.41) is 13.9. The summed E-state index contributed by atoms with van der Waals surface area (Å²) in [4.78, 5) is 1.72. The van der Waals surface area contributed by atoms with E-state index in [1.807, 2.05) is 4.90 Å². The topological polar surface area (TPSA) is 83.6 Å². The molecule has 1 aromatic rings.